The number of amides is 1. The van der Waals surface area contributed by atoms with E-state index in [1.54, 1.807) is 17.5 Å². The van der Waals surface area contributed by atoms with Crippen molar-refractivity contribution in [1.29, 1.82) is 0 Å². The fourth-order valence-corrected chi connectivity index (χ4v) is 3.06. The molecule has 1 fully saturated rings. The molecule has 2 aromatic rings. The fraction of sp³-hybridized carbons (Fsp3) is 0.400. The summed E-state index contributed by atoms with van der Waals surface area (Å²) in [6.45, 7) is 1.30. The maximum absolute atomic E-state index is 12.2. The van der Waals surface area contributed by atoms with Crippen LogP contribution >= 0.6 is 11.3 Å². The third-order valence-corrected chi connectivity index (χ3v) is 4.25. The molecule has 0 saturated carbocycles. The van der Waals surface area contributed by atoms with Gasteiger partial charge in [-0.05, 0) is 22.4 Å². The van der Waals surface area contributed by atoms with Crippen molar-refractivity contribution in [2.24, 2.45) is 0 Å². The number of carbonyl (C=O) groups is 1. The summed E-state index contributed by atoms with van der Waals surface area (Å²) in [5.74, 6) is 0.985. The monoisotopic (exact) mass is 319 g/mol. The highest BCUT2D eigenvalue weighted by Crippen LogP contribution is 2.19. The van der Waals surface area contributed by atoms with Gasteiger partial charge in [-0.15, -0.1) is 0 Å². The van der Waals surface area contributed by atoms with Gasteiger partial charge in [0.15, 0.2) is 0 Å². The van der Waals surface area contributed by atoms with Gasteiger partial charge in [-0.25, -0.2) is 0 Å². The van der Waals surface area contributed by atoms with E-state index in [-0.39, 0.29) is 12.0 Å². The largest absolute Gasteiger partial charge is 0.480 e. The van der Waals surface area contributed by atoms with Crippen molar-refractivity contribution in [2.75, 3.05) is 20.2 Å². The lowest BCUT2D eigenvalue weighted by atomic mass is 10.2. The highest BCUT2D eigenvalue weighted by molar-refractivity contribution is 7.07. The zero-order valence-corrected chi connectivity index (χ0v) is 13.1. The van der Waals surface area contributed by atoms with Gasteiger partial charge in [0.05, 0.1) is 32.5 Å². The molecule has 0 N–H and O–H groups in total. The first-order valence-electron chi connectivity index (χ1n) is 7.06. The number of methoxy groups -OCH3 is 1. The molecule has 1 atom stereocenters. The summed E-state index contributed by atoms with van der Waals surface area (Å²) < 4.78 is 10.8. The number of rotatable bonds is 5. The Morgan fingerprint density at radius 1 is 1.45 bits per heavy atom. The zero-order chi connectivity index (χ0) is 15.4. The predicted octanol–water partition coefficient (Wildman–Crippen LogP) is 1.77. The molecule has 0 aromatic carbocycles. The van der Waals surface area contributed by atoms with E-state index in [1.807, 2.05) is 21.7 Å². The topological polar surface area (TPSA) is 64.6 Å². The summed E-state index contributed by atoms with van der Waals surface area (Å²) in [7, 11) is 1.54. The van der Waals surface area contributed by atoms with Crippen molar-refractivity contribution < 1.29 is 14.3 Å². The Labute approximate surface area is 132 Å². The molecule has 1 amide bonds. The van der Waals surface area contributed by atoms with Crippen LogP contribution in [0.2, 0.25) is 0 Å². The van der Waals surface area contributed by atoms with Gasteiger partial charge in [-0.2, -0.15) is 16.3 Å². The summed E-state index contributed by atoms with van der Waals surface area (Å²) in [6.07, 6.45) is 4.29. The fourth-order valence-electron chi connectivity index (χ4n) is 2.39. The summed E-state index contributed by atoms with van der Waals surface area (Å²) in [4.78, 5) is 22.3. The first-order valence-corrected chi connectivity index (χ1v) is 8.00. The number of likely N-dealkylation sites (tertiary alicyclic amines) is 1. The smallest absolute Gasteiger partial charge is 0.235 e. The van der Waals surface area contributed by atoms with E-state index < -0.39 is 0 Å². The van der Waals surface area contributed by atoms with Gasteiger partial charge < -0.3 is 14.4 Å². The van der Waals surface area contributed by atoms with Crippen molar-refractivity contribution in [1.82, 2.24) is 14.9 Å². The minimum absolute atomic E-state index is 0.0483. The lowest BCUT2D eigenvalue weighted by Gasteiger charge is -2.16. The van der Waals surface area contributed by atoms with Gasteiger partial charge in [0.25, 0.3) is 0 Å². The number of hydrogen-bond acceptors (Lipinski definition) is 6. The molecule has 7 heteroatoms. The summed E-state index contributed by atoms with van der Waals surface area (Å²) in [5, 5.41) is 3.99. The Hall–Kier alpha value is -2.15. The molecule has 0 radical (unpaired) electrons. The quantitative estimate of drug-likeness (QED) is 0.840. The molecule has 22 heavy (non-hydrogen) atoms. The highest BCUT2D eigenvalue weighted by atomic mass is 32.1. The molecule has 1 aliphatic heterocycles. The lowest BCUT2D eigenvalue weighted by Crippen LogP contribution is -2.32. The molecule has 2 aromatic heterocycles. The van der Waals surface area contributed by atoms with E-state index >= 15 is 0 Å². The second-order valence-corrected chi connectivity index (χ2v) is 5.86. The van der Waals surface area contributed by atoms with Crippen LogP contribution < -0.4 is 9.47 Å². The van der Waals surface area contributed by atoms with Crippen LogP contribution in [-0.2, 0) is 11.2 Å². The van der Waals surface area contributed by atoms with Gasteiger partial charge in [0.1, 0.15) is 6.10 Å². The molecule has 1 saturated heterocycles. The number of nitrogens with zero attached hydrogens (tertiary/aromatic N) is 3. The third kappa shape index (κ3) is 3.54. The molecule has 3 rings (SSSR count). The molecule has 3 heterocycles. The van der Waals surface area contributed by atoms with E-state index in [1.165, 1.54) is 13.3 Å². The number of thiophene rings is 1. The van der Waals surface area contributed by atoms with E-state index in [2.05, 4.69) is 9.97 Å². The molecule has 0 unspecified atom stereocenters. The van der Waals surface area contributed by atoms with Crippen molar-refractivity contribution in [3.63, 3.8) is 0 Å². The Bertz CT molecular complexity index is 633. The van der Waals surface area contributed by atoms with Gasteiger partial charge >= 0.3 is 0 Å². The van der Waals surface area contributed by atoms with Crippen LogP contribution in [-0.4, -0.2) is 47.1 Å². The number of hydrogen-bond donors (Lipinski definition) is 0. The van der Waals surface area contributed by atoms with Crippen LogP contribution in [0.25, 0.3) is 0 Å². The molecule has 0 aliphatic carbocycles. The number of ether oxygens (including phenoxy) is 2. The summed E-state index contributed by atoms with van der Waals surface area (Å²) in [6, 6.07) is 1.98. The van der Waals surface area contributed by atoms with Crippen molar-refractivity contribution in [3.05, 3.63) is 34.8 Å². The Morgan fingerprint density at radius 2 is 2.32 bits per heavy atom. The normalized spacial score (nSPS) is 17.5. The Morgan fingerprint density at radius 3 is 3.09 bits per heavy atom. The molecule has 0 spiro atoms. The van der Waals surface area contributed by atoms with Crippen LogP contribution in [0, 0.1) is 0 Å². The van der Waals surface area contributed by atoms with Crippen LogP contribution in [0.1, 0.15) is 12.0 Å². The number of aromatic nitrogens is 2. The summed E-state index contributed by atoms with van der Waals surface area (Å²) >= 11 is 1.61. The van der Waals surface area contributed by atoms with E-state index in [0.717, 1.165) is 12.0 Å². The highest BCUT2D eigenvalue weighted by Gasteiger charge is 2.28. The zero-order valence-electron chi connectivity index (χ0n) is 12.3. The van der Waals surface area contributed by atoms with Crippen LogP contribution in [0.3, 0.4) is 0 Å². The second-order valence-electron chi connectivity index (χ2n) is 5.08. The average molecular weight is 319 g/mol. The van der Waals surface area contributed by atoms with E-state index in [4.69, 9.17) is 9.47 Å². The Balaban J connectivity index is 1.54. The average Bonchev–Trinajstić information content (AvgIpc) is 3.19. The molecule has 116 valence electrons. The minimum Gasteiger partial charge on any atom is -0.480 e. The lowest BCUT2D eigenvalue weighted by molar-refractivity contribution is -0.129. The van der Waals surface area contributed by atoms with Crippen LogP contribution in [0.5, 0.6) is 11.8 Å². The van der Waals surface area contributed by atoms with E-state index in [0.29, 0.717) is 31.3 Å². The van der Waals surface area contributed by atoms with Gasteiger partial charge in [0, 0.05) is 13.0 Å². The molecule has 1 aliphatic rings. The molecular formula is C15H17N3O3S. The Kier molecular flexibility index (Phi) is 4.53. The van der Waals surface area contributed by atoms with E-state index in [9.17, 15) is 4.79 Å². The molecular weight excluding hydrogens is 302 g/mol. The molecule has 6 nitrogen and oxygen atoms in total. The van der Waals surface area contributed by atoms with Crippen molar-refractivity contribution in [2.45, 2.75) is 18.9 Å². The predicted molar refractivity (Wildman–Crippen MR) is 82.2 cm³/mol. The maximum atomic E-state index is 12.2. The SMILES string of the molecule is COc1cncc(O[C@@H]2CCN(C(=O)Cc3ccsc3)C2)n1. The minimum atomic E-state index is -0.0483. The first-order chi connectivity index (χ1) is 10.7. The standard InChI is InChI=1S/C15H17N3O3S/c1-20-13-7-16-8-14(17-13)21-12-2-4-18(9-12)15(19)6-11-3-5-22-10-11/h3,5,7-8,10,12H,2,4,6,9H2,1H3/t12-/m1/s1. The first kappa shape index (κ1) is 14.8. The van der Waals surface area contributed by atoms with Crippen LogP contribution in [0.15, 0.2) is 29.2 Å². The van der Waals surface area contributed by atoms with Crippen LogP contribution in [0.4, 0.5) is 0 Å². The summed E-state index contributed by atoms with van der Waals surface area (Å²) in [5.41, 5.74) is 1.07. The van der Waals surface area contributed by atoms with Crippen molar-refractivity contribution in [3.8, 4) is 11.8 Å². The number of carbonyl (C=O) groups excluding carboxylic acids is 1. The van der Waals surface area contributed by atoms with Crippen molar-refractivity contribution >= 4 is 17.2 Å². The van der Waals surface area contributed by atoms with Gasteiger partial charge in [-0.1, -0.05) is 0 Å². The van der Waals surface area contributed by atoms with Gasteiger partial charge in [0.2, 0.25) is 17.7 Å². The molecule has 0 bridgehead atoms. The maximum Gasteiger partial charge on any atom is 0.235 e. The second kappa shape index (κ2) is 6.74. The third-order valence-electron chi connectivity index (χ3n) is 3.52. The van der Waals surface area contributed by atoms with Gasteiger partial charge in [-0.3, -0.25) is 9.78 Å².